The lowest BCUT2D eigenvalue weighted by Gasteiger charge is -2.26. The summed E-state index contributed by atoms with van der Waals surface area (Å²) in [7, 11) is 0. The summed E-state index contributed by atoms with van der Waals surface area (Å²) in [5.41, 5.74) is 0.556. The molecule has 0 saturated carbocycles. The Bertz CT molecular complexity index is 779. The molecule has 0 radical (unpaired) electrons. The molecule has 2 amide bonds. The molecule has 0 aliphatic carbocycles. The molecule has 2 N–H and O–H groups in total. The molecule has 3 rings (SSSR count). The van der Waals surface area contributed by atoms with E-state index in [9.17, 15) is 9.59 Å². The molecule has 0 bridgehead atoms. The monoisotopic (exact) mass is 418 g/mol. The van der Waals surface area contributed by atoms with Crippen molar-refractivity contribution in [1.29, 1.82) is 0 Å². The van der Waals surface area contributed by atoms with Crippen molar-refractivity contribution in [3.8, 4) is 11.5 Å². The summed E-state index contributed by atoms with van der Waals surface area (Å²) in [4.78, 5) is 23.9. The molecule has 1 aliphatic rings. The van der Waals surface area contributed by atoms with Gasteiger partial charge in [0.2, 0.25) is 5.91 Å². The number of carbonyl (C=O) groups excluding carboxylic acids is 2. The highest BCUT2D eigenvalue weighted by molar-refractivity contribution is 9.10. The first-order valence-electron chi connectivity index (χ1n) is 8.31. The van der Waals surface area contributed by atoms with E-state index in [4.69, 9.17) is 9.47 Å². The first-order chi connectivity index (χ1) is 12.6. The minimum absolute atomic E-state index is 0.149. The average molecular weight is 419 g/mol. The number of fused-ring (bicyclic) bond motifs is 1. The number of rotatable bonds is 6. The van der Waals surface area contributed by atoms with E-state index in [1.54, 1.807) is 24.3 Å². The van der Waals surface area contributed by atoms with Gasteiger partial charge in [-0.2, -0.15) is 0 Å². The van der Waals surface area contributed by atoms with Gasteiger partial charge < -0.3 is 20.1 Å². The molecule has 0 saturated heterocycles. The number of hydrogen-bond donors (Lipinski definition) is 2. The van der Waals surface area contributed by atoms with E-state index in [1.807, 2.05) is 24.3 Å². The summed E-state index contributed by atoms with van der Waals surface area (Å²) < 4.78 is 12.3. The van der Waals surface area contributed by atoms with E-state index >= 15 is 0 Å². The number of nitrogens with one attached hydrogen (secondary N) is 2. The fourth-order valence-corrected chi connectivity index (χ4v) is 2.74. The zero-order chi connectivity index (χ0) is 18.4. The molecular formula is C19H19BrN2O4. The van der Waals surface area contributed by atoms with Crippen LogP contribution in [0, 0.1) is 0 Å². The van der Waals surface area contributed by atoms with Gasteiger partial charge in [-0.1, -0.05) is 28.1 Å². The minimum Gasteiger partial charge on any atom is -0.486 e. The third-order valence-electron chi connectivity index (χ3n) is 3.84. The second-order valence-corrected chi connectivity index (χ2v) is 6.73. The number of hydrogen-bond acceptors (Lipinski definition) is 4. The number of halogens is 1. The summed E-state index contributed by atoms with van der Waals surface area (Å²) in [5.74, 6) is 1.04. The second kappa shape index (κ2) is 8.71. The van der Waals surface area contributed by atoms with Crippen LogP contribution >= 0.6 is 15.9 Å². The largest absolute Gasteiger partial charge is 0.486 e. The van der Waals surface area contributed by atoms with Gasteiger partial charge in [0.25, 0.3) is 5.91 Å². The molecule has 136 valence electrons. The molecular weight excluding hydrogens is 400 g/mol. The second-order valence-electron chi connectivity index (χ2n) is 5.81. The van der Waals surface area contributed by atoms with E-state index in [0.717, 1.165) is 4.47 Å². The lowest BCUT2D eigenvalue weighted by atomic mass is 10.2. The Balaban J connectivity index is 1.36. The van der Waals surface area contributed by atoms with Crippen LogP contribution in [0.2, 0.25) is 0 Å². The molecule has 1 aliphatic heterocycles. The molecule has 2 aromatic carbocycles. The van der Waals surface area contributed by atoms with Crippen molar-refractivity contribution in [2.75, 3.05) is 19.7 Å². The molecule has 0 spiro atoms. The average Bonchev–Trinajstić information content (AvgIpc) is 2.66. The van der Waals surface area contributed by atoms with Crippen LogP contribution in [0.4, 0.5) is 0 Å². The smallest absolute Gasteiger partial charge is 0.251 e. The van der Waals surface area contributed by atoms with E-state index < -0.39 is 0 Å². The Labute approximate surface area is 160 Å². The summed E-state index contributed by atoms with van der Waals surface area (Å²) in [6.07, 6.45) is -0.0295. The standard InChI is InChI=1S/C19H19BrN2O4/c20-14-7-5-13(6-8-14)19(24)21-10-9-18(23)22-11-15-12-25-16-3-1-2-4-17(16)26-15/h1-8,15H,9-12H2,(H,21,24)(H,22,23)/t15-/m1/s1. The number of carbonyl (C=O) groups is 2. The first-order valence-corrected chi connectivity index (χ1v) is 9.10. The summed E-state index contributed by atoms with van der Waals surface area (Å²) >= 11 is 3.32. The normalized spacial score (nSPS) is 15.2. The van der Waals surface area contributed by atoms with Gasteiger partial charge in [-0.3, -0.25) is 9.59 Å². The maximum atomic E-state index is 12.0. The SMILES string of the molecule is O=C(CCNC(=O)c1ccc(Br)cc1)NC[C@@H]1COc2ccccc2O1. The fourth-order valence-electron chi connectivity index (χ4n) is 2.47. The van der Waals surface area contributed by atoms with Crippen LogP contribution in [-0.4, -0.2) is 37.6 Å². The molecule has 26 heavy (non-hydrogen) atoms. The van der Waals surface area contributed by atoms with Gasteiger partial charge in [0, 0.05) is 23.0 Å². The summed E-state index contributed by atoms with van der Waals surface area (Å²) in [6, 6.07) is 14.5. The van der Waals surface area contributed by atoms with Crippen LogP contribution < -0.4 is 20.1 Å². The van der Waals surface area contributed by atoms with Crippen molar-refractivity contribution >= 4 is 27.7 Å². The molecule has 1 heterocycles. The van der Waals surface area contributed by atoms with Crippen molar-refractivity contribution < 1.29 is 19.1 Å². The van der Waals surface area contributed by atoms with Crippen LogP contribution in [0.5, 0.6) is 11.5 Å². The first kappa shape index (κ1) is 18.3. The van der Waals surface area contributed by atoms with E-state index in [1.165, 1.54) is 0 Å². The highest BCUT2D eigenvalue weighted by Crippen LogP contribution is 2.30. The molecule has 1 atom stereocenters. The lowest BCUT2D eigenvalue weighted by molar-refractivity contribution is -0.121. The molecule has 7 heteroatoms. The predicted molar refractivity (Wildman–Crippen MR) is 100 cm³/mol. The zero-order valence-electron chi connectivity index (χ0n) is 14.0. The maximum absolute atomic E-state index is 12.0. The van der Waals surface area contributed by atoms with E-state index in [0.29, 0.717) is 30.2 Å². The molecule has 6 nitrogen and oxygen atoms in total. The van der Waals surface area contributed by atoms with Crippen LogP contribution in [0.1, 0.15) is 16.8 Å². The minimum atomic E-state index is -0.230. The third-order valence-corrected chi connectivity index (χ3v) is 4.37. The zero-order valence-corrected chi connectivity index (χ0v) is 15.6. The fraction of sp³-hybridized carbons (Fsp3) is 0.263. The maximum Gasteiger partial charge on any atom is 0.251 e. The molecule has 2 aromatic rings. The Kier molecular flexibility index (Phi) is 6.12. The lowest BCUT2D eigenvalue weighted by Crippen LogP contribution is -2.41. The van der Waals surface area contributed by atoms with Crippen molar-refractivity contribution in [1.82, 2.24) is 10.6 Å². The van der Waals surface area contributed by atoms with Crippen LogP contribution in [0.25, 0.3) is 0 Å². The summed E-state index contributed by atoms with van der Waals surface area (Å²) in [6.45, 7) is 1.01. The van der Waals surface area contributed by atoms with Crippen LogP contribution in [0.3, 0.4) is 0 Å². The molecule has 0 fully saturated rings. The van der Waals surface area contributed by atoms with Crippen molar-refractivity contribution in [3.63, 3.8) is 0 Å². The van der Waals surface area contributed by atoms with Crippen molar-refractivity contribution in [2.24, 2.45) is 0 Å². The van der Waals surface area contributed by atoms with E-state index in [2.05, 4.69) is 26.6 Å². The molecule has 0 aromatic heterocycles. The van der Waals surface area contributed by atoms with Crippen LogP contribution in [-0.2, 0) is 4.79 Å². The topological polar surface area (TPSA) is 76.7 Å². The van der Waals surface area contributed by atoms with Gasteiger partial charge in [0.1, 0.15) is 12.7 Å². The van der Waals surface area contributed by atoms with Gasteiger partial charge in [0.05, 0.1) is 6.54 Å². The van der Waals surface area contributed by atoms with E-state index in [-0.39, 0.29) is 30.9 Å². The molecule has 0 unspecified atom stereocenters. The predicted octanol–water partition coefficient (Wildman–Crippen LogP) is 2.53. The Morgan fingerprint density at radius 3 is 2.54 bits per heavy atom. The Hall–Kier alpha value is -2.54. The number of para-hydroxylation sites is 2. The van der Waals surface area contributed by atoms with Gasteiger partial charge >= 0.3 is 0 Å². The quantitative estimate of drug-likeness (QED) is 0.755. The Morgan fingerprint density at radius 2 is 1.77 bits per heavy atom. The third kappa shape index (κ3) is 4.98. The van der Waals surface area contributed by atoms with Gasteiger partial charge in [0.15, 0.2) is 11.5 Å². The van der Waals surface area contributed by atoms with Crippen molar-refractivity contribution in [2.45, 2.75) is 12.5 Å². The van der Waals surface area contributed by atoms with Crippen molar-refractivity contribution in [3.05, 3.63) is 58.6 Å². The van der Waals surface area contributed by atoms with Gasteiger partial charge in [-0.25, -0.2) is 0 Å². The summed E-state index contributed by atoms with van der Waals surface area (Å²) in [5, 5.41) is 5.53. The number of amides is 2. The highest BCUT2D eigenvalue weighted by atomic mass is 79.9. The highest BCUT2D eigenvalue weighted by Gasteiger charge is 2.20. The number of ether oxygens (including phenoxy) is 2. The van der Waals surface area contributed by atoms with Gasteiger partial charge in [-0.05, 0) is 36.4 Å². The van der Waals surface area contributed by atoms with Crippen LogP contribution in [0.15, 0.2) is 53.0 Å². The number of benzene rings is 2. The van der Waals surface area contributed by atoms with Gasteiger partial charge in [-0.15, -0.1) is 0 Å². The Morgan fingerprint density at radius 1 is 1.04 bits per heavy atom.